The molecular weight excluding hydrogens is 190 g/mol. The second-order valence-electron chi connectivity index (χ2n) is 3.89. The van der Waals surface area contributed by atoms with Crippen LogP contribution >= 0.6 is 0 Å². The zero-order valence-electron chi connectivity index (χ0n) is 8.85. The first-order chi connectivity index (χ1) is 7.45. The lowest BCUT2D eigenvalue weighted by Gasteiger charge is -2.22. The molecule has 1 fully saturated rings. The maximum atomic E-state index is 5.51. The number of rotatable bonds is 4. The van der Waals surface area contributed by atoms with Crippen molar-refractivity contribution in [2.45, 2.75) is 19.3 Å². The third-order valence-corrected chi connectivity index (χ3v) is 2.71. The van der Waals surface area contributed by atoms with Gasteiger partial charge in [0.25, 0.3) is 0 Å². The molecule has 1 atom stereocenters. The summed E-state index contributed by atoms with van der Waals surface area (Å²) in [6, 6.07) is 0. The van der Waals surface area contributed by atoms with Crippen LogP contribution in [0.4, 0.5) is 0 Å². The minimum absolute atomic E-state index is 0.626. The summed E-state index contributed by atoms with van der Waals surface area (Å²) in [6.07, 6.45) is 8.66. The molecule has 0 aromatic carbocycles. The van der Waals surface area contributed by atoms with E-state index in [1.54, 1.807) is 18.6 Å². The van der Waals surface area contributed by atoms with E-state index < -0.39 is 0 Å². The summed E-state index contributed by atoms with van der Waals surface area (Å²) >= 11 is 0. The van der Waals surface area contributed by atoms with Crippen molar-refractivity contribution >= 4 is 0 Å². The quantitative estimate of drug-likeness (QED) is 0.807. The summed E-state index contributed by atoms with van der Waals surface area (Å²) in [7, 11) is 0. The van der Waals surface area contributed by atoms with Gasteiger partial charge in [-0.2, -0.15) is 0 Å². The Labute approximate surface area is 90.1 Å². The maximum Gasteiger partial charge on any atom is 0.232 e. The van der Waals surface area contributed by atoms with Crippen molar-refractivity contribution in [3.8, 4) is 5.88 Å². The Balaban J connectivity index is 1.66. The van der Waals surface area contributed by atoms with Crippen molar-refractivity contribution in [1.82, 2.24) is 15.3 Å². The molecule has 2 rings (SSSR count). The third-order valence-electron chi connectivity index (χ3n) is 2.71. The van der Waals surface area contributed by atoms with Crippen LogP contribution in [0.3, 0.4) is 0 Å². The molecule has 1 aromatic rings. The fourth-order valence-corrected chi connectivity index (χ4v) is 1.86. The van der Waals surface area contributed by atoms with E-state index in [4.69, 9.17) is 4.74 Å². The summed E-state index contributed by atoms with van der Waals surface area (Å²) in [5.41, 5.74) is 0. The second-order valence-corrected chi connectivity index (χ2v) is 3.89. The first kappa shape index (κ1) is 10.4. The van der Waals surface area contributed by atoms with Gasteiger partial charge in [0, 0.05) is 12.4 Å². The number of piperidine rings is 1. The molecule has 0 spiro atoms. The topological polar surface area (TPSA) is 47.0 Å². The predicted molar refractivity (Wildman–Crippen MR) is 57.7 cm³/mol. The molecule has 0 saturated carbocycles. The van der Waals surface area contributed by atoms with Crippen molar-refractivity contribution in [3.63, 3.8) is 0 Å². The van der Waals surface area contributed by atoms with Gasteiger partial charge in [-0.25, -0.2) is 4.98 Å². The van der Waals surface area contributed by atoms with Gasteiger partial charge in [-0.15, -0.1) is 0 Å². The van der Waals surface area contributed by atoms with E-state index in [0.29, 0.717) is 5.88 Å². The summed E-state index contributed by atoms with van der Waals surface area (Å²) in [4.78, 5) is 8.01. The zero-order valence-corrected chi connectivity index (χ0v) is 8.85. The molecular formula is C11H17N3O. The van der Waals surface area contributed by atoms with Crippen molar-refractivity contribution in [2.24, 2.45) is 5.92 Å². The Morgan fingerprint density at radius 2 is 2.47 bits per heavy atom. The van der Waals surface area contributed by atoms with Gasteiger partial charge in [-0.1, -0.05) is 0 Å². The second kappa shape index (κ2) is 5.66. The molecule has 4 heteroatoms. The highest BCUT2D eigenvalue weighted by atomic mass is 16.5. The van der Waals surface area contributed by atoms with Crippen LogP contribution in [0.25, 0.3) is 0 Å². The van der Waals surface area contributed by atoms with E-state index in [-0.39, 0.29) is 0 Å². The van der Waals surface area contributed by atoms with Gasteiger partial charge in [0.05, 0.1) is 12.8 Å². The molecule has 1 saturated heterocycles. The first-order valence-electron chi connectivity index (χ1n) is 5.54. The van der Waals surface area contributed by atoms with Gasteiger partial charge in [-0.05, 0) is 38.3 Å². The van der Waals surface area contributed by atoms with Gasteiger partial charge >= 0.3 is 0 Å². The van der Waals surface area contributed by atoms with Crippen LogP contribution in [0.1, 0.15) is 19.3 Å². The van der Waals surface area contributed by atoms with Crippen LogP contribution in [-0.4, -0.2) is 29.7 Å². The highest BCUT2D eigenvalue weighted by Gasteiger charge is 2.12. The lowest BCUT2D eigenvalue weighted by molar-refractivity contribution is 0.246. The highest BCUT2D eigenvalue weighted by molar-refractivity contribution is 5.00. The number of hydrogen-bond donors (Lipinski definition) is 1. The maximum absolute atomic E-state index is 5.51. The van der Waals surface area contributed by atoms with E-state index >= 15 is 0 Å². The van der Waals surface area contributed by atoms with E-state index in [0.717, 1.165) is 25.5 Å². The Bertz CT molecular complexity index is 272. The van der Waals surface area contributed by atoms with E-state index in [2.05, 4.69) is 15.3 Å². The average molecular weight is 207 g/mol. The van der Waals surface area contributed by atoms with Gasteiger partial charge in [0.15, 0.2) is 0 Å². The van der Waals surface area contributed by atoms with Crippen LogP contribution in [-0.2, 0) is 0 Å². The molecule has 0 aliphatic carbocycles. The number of nitrogens with one attached hydrogen (secondary N) is 1. The van der Waals surface area contributed by atoms with Gasteiger partial charge < -0.3 is 10.1 Å². The molecule has 1 aliphatic heterocycles. The van der Waals surface area contributed by atoms with Crippen LogP contribution in [0, 0.1) is 5.92 Å². The molecule has 1 aromatic heterocycles. The van der Waals surface area contributed by atoms with Crippen molar-refractivity contribution in [3.05, 3.63) is 18.6 Å². The SMILES string of the molecule is c1cnc(OCC[C@H]2CCCNC2)cn1. The zero-order chi connectivity index (χ0) is 10.3. The lowest BCUT2D eigenvalue weighted by Crippen LogP contribution is -2.30. The van der Waals surface area contributed by atoms with Crippen LogP contribution in [0.2, 0.25) is 0 Å². The average Bonchev–Trinajstić information content (AvgIpc) is 2.32. The first-order valence-corrected chi connectivity index (χ1v) is 5.54. The molecule has 0 unspecified atom stereocenters. The Morgan fingerprint density at radius 3 is 3.20 bits per heavy atom. The molecule has 0 bridgehead atoms. The van der Waals surface area contributed by atoms with Crippen molar-refractivity contribution in [2.75, 3.05) is 19.7 Å². The number of nitrogens with zero attached hydrogens (tertiary/aromatic N) is 2. The monoisotopic (exact) mass is 207 g/mol. The Morgan fingerprint density at radius 1 is 1.47 bits per heavy atom. The normalized spacial score (nSPS) is 21.2. The molecule has 0 amide bonds. The minimum atomic E-state index is 0.626. The molecule has 0 radical (unpaired) electrons. The van der Waals surface area contributed by atoms with E-state index in [1.165, 1.54) is 19.4 Å². The Hall–Kier alpha value is -1.16. The number of ether oxygens (including phenoxy) is 1. The van der Waals surface area contributed by atoms with Crippen LogP contribution < -0.4 is 10.1 Å². The van der Waals surface area contributed by atoms with Crippen LogP contribution in [0.5, 0.6) is 5.88 Å². The fourth-order valence-electron chi connectivity index (χ4n) is 1.86. The summed E-state index contributed by atoms with van der Waals surface area (Å²) in [6.45, 7) is 3.04. The molecule has 15 heavy (non-hydrogen) atoms. The lowest BCUT2D eigenvalue weighted by atomic mass is 9.97. The molecule has 2 heterocycles. The van der Waals surface area contributed by atoms with Gasteiger partial charge in [0.2, 0.25) is 5.88 Å². The van der Waals surface area contributed by atoms with Gasteiger partial charge in [0.1, 0.15) is 0 Å². The third kappa shape index (κ3) is 3.47. The van der Waals surface area contributed by atoms with Crippen LogP contribution in [0.15, 0.2) is 18.6 Å². The van der Waals surface area contributed by atoms with Gasteiger partial charge in [-0.3, -0.25) is 4.98 Å². The summed E-state index contributed by atoms with van der Waals surface area (Å²) in [5.74, 6) is 1.39. The minimum Gasteiger partial charge on any atom is -0.477 e. The fraction of sp³-hybridized carbons (Fsp3) is 0.636. The molecule has 4 nitrogen and oxygen atoms in total. The van der Waals surface area contributed by atoms with Crippen molar-refractivity contribution < 1.29 is 4.74 Å². The molecule has 82 valence electrons. The predicted octanol–water partition coefficient (Wildman–Crippen LogP) is 1.25. The molecule has 1 N–H and O–H groups in total. The summed E-state index contributed by atoms with van der Waals surface area (Å²) < 4.78 is 5.51. The van der Waals surface area contributed by atoms with Crippen molar-refractivity contribution in [1.29, 1.82) is 0 Å². The standard InChI is InChI=1S/C11H17N3O/c1-2-10(8-12-4-1)3-7-15-11-9-13-5-6-14-11/h5-6,9-10,12H,1-4,7-8H2/t10-/m1/s1. The molecule has 1 aliphatic rings. The smallest absolute Gasteiger partial charge is 0.232 e. The largest absolute Gasteiger partial charge is 0.477 e. The Kier molecular flexibility index (Phi) is 3.91. The number of aromatic nitrogens is 2. The van der Waals surface area contributed by atoms with E-state index in [9.17, 15) is 0 Å². The summed E-state index contributed by atoms with van der Waals surface area (Å²) in [5, 5.41) is 3.40. The number of hydrogen-bond acceptors (Lipinski definition) is 4. The van der Waals surface area contributed by atoms with E-state index in [1.807, 2.05) is 0 Å². The highest BCUT2D eigenvalue weighted by Crippen LogP contribution is 2.14.